The predicted molar refractivity (Wildman–Crippen MR) is 71.6 cm³/mol. The Labute approximate surface area is 104 Å². The van der Waals surface area contributed by atoms with Crippen LogP contribution < -0.4 is 10.1 Å². The zero-order valence-corrected chi connectivity index (χ0v) is 11.1. The average Bonchev–Trinajstić information content (AvgIpc) is 2.35. The fourth-order valence-corrected chi connectivity index (χ4v) is 2.82. The molecule has 1 aromatic rings. The molecule has 2 atom stereocenters. The van der Waals surface area contributed by atoms with Gasteiger partial charge in [-0.25, -0.2) is 0 Å². The molecular weight excluding hydrogens is 210 g/mol. The molecule has 0 radical (unpaired) electrons. The third kappa shape index (κ3) is 2.63. The first-order valence-corrected chi connectivity index (χ1v) is 6.69. The van der Waals surface area contributed by atoms with Crippen molar-refractivity contribution >= 4 is 0 Å². The number of ether oxygens (including phenoxy) is 1. The lowest BCUT2D eigenvalue weighted by molar-refractivity contribution is 0.227. The van der Waals surface area contributed by atoms with Gasteiger partial charge < -0.3 is 10.1 Å². The Bertz CT molecular complexity index is 362. The Hall–Kier alpha value is -1.02. The average molecular weight is 233 g/mol. The minimum atomic E-state index is 0.546. The quantitative estimate of drug-likeness (QED) is 0.862. The van der Waals surface area contributed by atoms with Gasteiger partial charge in [0.15, 0.2) is 0 Å². The molecule has 1 aliphatic heterocycles. The van der Waals surface area contributed by atoms with Crippen molar-refractivity contribution in [3.8, 4) is 5.75 Å². The van der Waals surface area contributed by atoms with Crippen molar-refractivity contribution in [2.24, 2.45) is 5.92 Å². The van der Waals surface area contributed by atoms with E-state index in [1.54, 1.807) is 0 Å². The molecule has 1 aromatic carbocycles. The van der Waals surface area contributed by atoms with Crippen LogP contribution in [0.3, 0.4) is 0 Å². The Balaban J connectivity index is 2.27. The summed E-state index contributed by atoms with van der Waals surface area (Å²) in [4.78, 5) is 0. The van der Waals surface area contributed by atoms with Crippen LogP contribution in [0.1, 0.15) is 38.7 Å². The molecular formula is C15H23NO. The van der Waals surface area contributed by atoms with Crippen molar-refractivity contribution in [2.45, 2.75) is 39.2 Å². The largest absolute Gasteiger partial charge is 0.493 e. The predicted octanol–water partition coefficient (Wildman–Crippen LogP) is 3.19. The maximum atomic E-state index is 5.73. The molecule has 2 unspecified atom stereocenters. The molecule has 1 heterocycles. The van der Waals surface area contributed by atoms with Gasteiger partial charge in [-0.1, -0.05) is 39.0 Å². The first-order valence-electron chi connectivity index (χ1n) is 6.69. The highest BCUT2D eigenvalue weighted by Crippen LogP contribution is 2.37. The van der Waals surface area contributed by atoms with E-state index < -0.39 is 0 Å². The standard InChI is InChI=1S/C15H23NO/c1-4-16-15(11(2)3)13-9-10-17-14-8-6-5-7-12(13)14/h5-8,11,13,15-16H,4,9-10H2,1-3H3. The van der Waals surface area contributed by atoms with Gasteiger partial charge in [0, 0.05) is 12.0 Å². The Morgan fingerprint density at radius 2 is 2.12 bits per heavy atom. The zero-order valence-electron chi connectivity index (χ0n) is 11.1. The van der Waals surface area contributed by atoms with Gasteiger partial charge in [0.25, 0.3) is 0 Å². The molecule has 94 valence electrons. The summed E-state index contributed by atoms with van der Waals surface area (Å²) in [7, 11) is 0. The van der Waals surface area contributed by atoms with Crippen molar-refractivity contribution in [1.82, 2.24) is 5.32 Å². The second-order valence-corrected chi connectivity index (χ2v) is 5.11. The van der Waals surface area contributed by atoms with E-state index in [0.29, 0.717) is 17.9 Å². The Morgan fingerprint density at radius 3 is 2.82 bits per heavy atom. The van der Waals surface area contributed by atoms with E-state index >= 15 is 0 Å². The SMILES string of the molecule is CCNC(C(C)C)C1CCOc2ccccc21. The summed E-state index contributed by atoms with van der Waals surface area (Å²) in [5.74, 6) is 2.30. The van der Waals surface area contributed by atoms with E-state index in [4.69, 9.17) is 4.74 Å². The van der Waals surface area contributed by atoms with E-state index in [2.05, 4.69) is 50.4 Å². The smallest absolute Gasteiger partial charge is 0.122 e. The number of likely N-dealkylation sites (N-methyl/N-ethyl adjacent to an activating group) is 1. The number of hydrogen-bond acceptors (Lipinski definition) is 2. The molecule has 0 bridgehead atoms. The van der Waals surface area contributed by atoms with Crippen LogP contribution in [0.15, 0.2) is 24.3 Å². The maximum Gasteiger partial charge on any atom is 0.122 e. The topological polar surface area (TPSA) is 21.3 Å². The van der Waals surface area contributed by atoms with Gasteiger partial charge in [-0.2, -0.15) is 0 Å². The van der Waals surface area contributed by atoms with Gasteiger partial charge >= 0.3 is 0 Å². The van der Waals surface area contributed by atoms with Gasteiger partial charge in [0.1, 0.15) is 5.75 Å². The molecule has 1 aliphatic rings. The zero-order chi connectivity index (χ0) is 12.3. The lowest BCUT2D eigenvalue weighted by atomic mass is 9.81. The summed E-state index contributed by atoms with van der Waals surface area (Å²) in [5, 5.41) is 3.64. The van der Waals surface area contributed by atoms with Gasteiger partial charge in [-0.15, -0.1) is 0 Å². The maximum absolute atomic E-state index is 5.73. The van der Waals surface area contributed by atoms with E-state index in [-0.39, 0.29) is 0 Å². The Kier molecular flexibility index (Phi) is 4.06. The molecule has 1 N–H and O–H groups in total. The van der Waals surface area contributed by atoms with Gasteiger partial charge in [-0.05, 0) is 30.5 Å². The van der Waals surface area contributed by atoms with Crippen LogP contribution in [0.4, 0.5) is 0 Å². The second kappa shape index (κ2) is 5.54. The second-order valence-electron chi connectivity index (χ2n) is 5.11. The van der Waals surface area contributed by atoms with E-state index in [1.807, 2.05) is 0 Å². The number of para-hydroxylation sites is 1. The Morgan fingerprint density at radius 1 is 1.35 bits per heavy atom. The minimum absolute atomic E-state index is 0.546. The number of benzene rings is 1. The van der Waals surface area contributed by atoms with E-state index in [1.165, 1.54) is 5.56 Å². The van der Waals surface area contributed by atoms with Crippen LogP contribution in [-0.2, 0) is 0 Å². The lowest BCUT2D eigenvalue weighted by Gasteiger charge is -2.35. The fourth-order valence-electron chi connectivity index (χ4n) is 2.82. The van der Waals surface area contributed by atoms with Gasteiger partial charge in [0.05, 0.1) is 6.61 Å². The highest BCUT2D eigenvalue weighted by Gasteiger charge is 2.29. The number of rotatable bonds is 4. The molecule has 2 nitrogen and oxygen atoms in total. The van der Waals surface area contributed by atoms with Crippen LogP contribution >= 0.6 is 0 Å². The van der Waals surface area contributed by atoms with Crippen LogP contribution in [0.2, 0.25) is 0 Å². The van der Waals surface area contributed by atoms with Crippen molar-refractivity contribution in [3.05, 3.63) is 29.8 Å². The number of fused-ring (bicyclic) bond motifs is 1. The minimum Gasteiger partial charge on any atom is -0.493 e. The molecule has 0 aromatic heterocycles. The van der Waals surface area contributed by atoms with Crippen LogP contribution in [0, 0.1) is 5.92 Å². The third-order valence-corrected chi connectivity index (χ3v) is 3.60. The summed E-state index contributed by atoms with van der Waals surface area (Å²) in [6.07, 6.45) is 1.12. The van der Waals surface area contributed by atoms with Crippen LogP contribution in [0.25, 0.3) is 0 Å². The summed E-state index contributed by atoms with van der Waals surface area (Å²) >= 11 is 0. The molecule has 17 heavy (non-hydrogen) atoms. The third-order valence-electron chi connectivity index (χ3n) is 3.60. The number of hydrogen-bond donors (Lipinski definition) is 1. The monoisotopic (exact) mass is 233 g/mol. The van der Waals surface area contributed by atoms with E-state index in [9.17, 15) is 0 Å². The van der Waals surface area contributed by atoms with Crippen molar-refractivity contribution in [3.63, 3.8) is 0 Å². The van der Waals surface area contributed by atoms with Gasteiger partial charge in [0.2, 0.25) is 0 Å². The first kappa shape index (κ1) is 12.4. The highest BCUT2D eigenvalue weighted by molar-refractivity contribution is 5.38. The molecule has 0 fully saturated rings. The molecule has 0 saturated heterocycles. The first-order chi connectivity index (χ1) is 8.24. The lowest BCUT2D eigenvalue weighted by Crippen LogP contribution is -2.40. The van der Waals surface area contributed by atoms with Crippen LogP contribution in [-0.4, -0.2) is 19.2 Å². The normalized spacial score (nSPS) is 20.8. The van der Waals surface area contributed by atoms with E-state index in [0.717, 1.165) is 25.3 Å². The van der Waals surface area contributed by atoms with Crippen molar-refractivity contribution in [2.75, 3.05) is 13.2 Å². The summed E-state index contributed by atoms with van der Waals surface area (Å²) in [5.41, 5.74) is 1.37. The summed E-state index contributed by atoms with van der Waals surface area (Å²) in [6.45, 7) is 8.65. The summed E-state index contributed by atoms with van der Waals surface area (Å²) < 4.78 is 5.73. The molecule has 0 amide bonds. The van der Waals surface area contributed by atoms with Crippen LogP contribution in [0.5, 0.6) is 5.75 Å². The molecule has 0 aliphatic carbocycles. The summed E-state index contributed by atoms with van der Waals surface area (Å²) in [6, 6.07) is 9.02. The molecule has 0 spiro atoms. The van der Waals surface area contributed by atoms with Crippen molar-refractivity contribution < 1.29 is 4.74 Å². The molecule has 2 rings (SSSR count). The van der Waals surface area contributed by atoms with Crippen molar-refractivity contribution in [1.29, 1.82) is 0 Å². The fraction of sp³-hybridized carbons (Fsp3) is 0.600. The number of nitrogens with one attached hydrogen (secondary N) is 1. The van der Waals surface area contributed by atoms with Gasteiger partial charge in [-0.3, -0.25) is 0 Å². The highest BCUT2D eigenvalue weighted by atomic mass is 16.5. The molecule has 2 heteroatoms. The molecule has 0 saturated carbocycles.